The molecule has 41 heavy (non-hydrogen) atoms. The van der Waals surface area contributed by atoms with Crippen molar-refractivity contribution >= 4 is 47.0 Å². The minimum absolute atomic E-state index is 0.461. The van der Waals surface area contributed by atoms with Crippen molar-refractivity contribution in [3.63, 3.8) is 0 Å². The van der Waals surface area contributed by atoms with Crippen LogP contribution in [0, 0.1) is 0 Å². The van der Waals surface area contributed by atoms with E-state index in [-0.39, 0.29) is 0 Å². The summed E-state index contributed by atoms with van der Waals surface area (Å²) in [6, 6.07) is 39.5. The van der Waals surface area contributed by atoms with Crippen molar-refractivity contribution in [2.75, 3.05) is 14.2 Å². The predicted molar refractivity (Wildman–Crippen MR) is 177 cm³/mol. The van der Waals surface area contributed by atoms with Gasteiger partial charge in [-0.15, -0.1) is 0 Å². The Bertz CT molecular complexity index is 1260. The zero-order valence-corrected chi connectivity index (χ0v) is 27.3. The monoisotopic (exact) mass is 660 g/mol. The van der Waals surface area contributed by atoms with Gasteiger partial charge in [-0.3, -0.25) is 0 Å². The van der Waals surface area contributed by atoms with E-state index in [9.17, 15) is 0 Å². The summed E-state index contributed by atoms with van der Waals surface area (Å²) in [6.45, 7) is 0. The third-order valence-electron chi connectivity index (χ3n) is 7.33. The number of hydrogen-bond acceptors (Lipinski definition) is 6. The van der Waals surface area contributed by atoms with E-state index in [1.807, 2.05) is 14.4 Å². The number of benzene rings is 4. The van der Waals surface area contributed by atoms with Crippen LogP contribution in [0.15, 0.2) is 109 Å². The van der Waals surface area contributed by atoms with Gasteiger partial charge in [0.05, 0.1) is 0 Å². The van der Waals surface area contributed by atoms with Crippen molar-refractivity contribution in [2.45, 2.75) is 40.9 Å². The van der Waals surface area contributed by atoms with E-state index in [0.29, 0.717) is 28.1 Å². The van der Waals surface area contributed by atoms with Gasteiger partial charge in [-0.25, -0.2) is 0 Å². The van der Waals surface area contributed by atoms with Gasteiger partial charge in [0.2, 0.25) is 0 Å². The van der Waals surface area contributed by atoms with Crippen LogP contribution in [0.2, 0.25) is 0 Å². The summed E-state index contributed by atoms with van der Waals surface area (Å²) in [5, 5.41) is 1.99. The molecular weight excluding hydrogens is 627 g/mol. The molecule has 4 aromatic carbocycles. The van der Waals surface area contributed by atoms with Crippen molar-refractivity contribution in [3.8, 4) is 11.5 Å². The first-order valence-electron chi connectivity index (χ1n) is 13.7. The molecule has 2 fully saturated rings. The molecule has 6 atom stereocenters. The van der Waals surface area contributed by atoms with Gasteiger partial charge < -0.3 is 0 Å². The second kappa shape index (κ2) is 14.2. The van der Waals surface area contributed by atoms with Gasteiger partial charge in [-0.2, -0.15) is 0 Å². The summed E-state index contributed by atoms with van der Waals surface area (Å²) in [4.78, 5) is 0. The molecule has 0 radical (unpaired) electrons. The molecule has 2 aliphatic rings. The molecule has 4 aromatic rings. The normalized spacial score (nSPS) is 25.8. The Balaban J connectivity index is 1.19. The SMILES string of the molecule is COc1ccc(C2S[CH]([Ni][CH]3SC(Cc4ccccc4)C(c4ccc(OC)cc4)S3)SC2Cc2ccccc2)cc1. The number of rotatable bonds is 10. The van der Waals surface area contributed by atoms with Crippen LogP contribution in [-0.4, -0.2) is 31.8 Å². The second-order valence-corrected chi connectivity index (χ2v) is 18.6. The van der Waals surface area contributed by atoms with Gasteiger partial charge in [0.1, 0.15) is 0 Å². The Labute approximate surface area is 267 Å². The van der Waals surface area contributed by atoms with Crippen LogP contribution < -0.4 is 9.47 Å². The molecule has 6 unspecified atom stereocenters. The zero-order valence-electron chi connectivity index (χ0n) is 23.0. The molecule has 0 amide bonds. The van der Waals surface area contributed by atoms with E-state index in [1.54, 1.807) is 14.2 Å². The van der Waals surface area contributed by atoms with Crippen LogP contribution >= 0.6 is 47.0 Å². The van der Waals surface area contributed by atoms with E-state index in [1.165, 1.54) is 22.3 Å². The van der Waals surface area contributed by atoms with Crippen molar-refractivity contribution in [1.82, 2.24) is 0 Å². The molecule has 216 valence electrons. The molecule has 0 bridgehead atoms. The fourth-order valence-electron chi connectivity index (χ4n) is 5.19. The Morgan fingerprint density at radius 3 is 1.27 bits per heavy atom. The van der Waals surface area contributed by atoms with Crippen LogP contribution in [0.4, 0.5) is 0 Å². The Morgan fingerprint density at radius 1 is 0.512 bits per heavy atom. The number of hydrogen-bond donors (Lipinski definition) is 0. The molecule has 2 heterocycles. The Kier molecular flexibility index (Phi) is 10.2. The van der Waals surface area contributed by atoms with Gasteiger partial charge in [0, 0.05) is 0 Å². The van der Waals surface area contributed by atoms with Crippen LogP contribution in [0.25, 0.3) is 0 Å². The van der Waals surface area contributed by atoms with E-state index in [2.05, 4.69) is 156 Å². The first-order valence-corrected chi connectivity index (χ1v) is 18.6. The van der Waals surface area contributed by atoms with E-state index < -0.39 is 0 Å². The van der Waals surface area contributed by atoms with Gasteiger partial charge in [0.25, 0.3) is 0 Å². The summed E-state index contributed by atoms with van der Waals surface area (Å²) < 4.78 is 11.9. The van der Waals surface area contributed by atoms with Crippen LogP contribution in [0.5, 0.6) is 11.5 Å². The summed E-state index contributed by atoms with van der Waals surface area (Å²) >= 11 is 10.6. The van der Waals surface area contributed by atoms with Gasteiger partial charge in [-0.05, 0) is 0 Å². The average molecular weight is 662 g/mol. The summed E-state index contributed by atoms with van der Waals surface area (Å²) in [6.07, 6.45) is 2.18. The van der Waals surface area contributed by atoms with Gasteiger partial charge in [-0.1, -0.05) is 0 Å². The standard InChI is InChI=1S/2C17H17OS2.Ni/c2*1-18-15-9-7-14(8-10-15)17-16(19-12-20-17)11-13-5-3-2-4-6-13;/h2*2-10,12,16-17H,11H2,1H3;. The second-order valence-electron chi connectivity index (χ2n) is 9.98. The Hall–Kier alpha value is -1.63. The molecule has 0 saturated carbocycles. The number of methoxy groups -OCH3 is 2. The average Bonchev–Trinajstić information content (AvgIpc) is 3.61. The molecule has 0 N–H and O–H groups in total. The van der Waals surface area contributed by atoms with Crippen molar-refractivity contribution in [1.29, 1.82) is 0 Å². The molecule has 2 aliphatic heterocycles. The molecule has 0 spiro atoms. The van der Waals surface area contributed by atoms with Crippen LogP contribution in [0.1, 0.15) is 32.8 Å². The molecule has 0 aromatic heterocycles. The van der Waals surface area contributed by atoms with E-state index in [4.69, 9.17) is 9.47 Å². The third-order valence-corrected chi connectivity index (χ3v) is 16.7. The number of ether oxygens (including phenoxy) is 2. The quantitative estimate of drug-likeness (QED) is 0.157. The minimum atomic E-state index is 0.461. The fraction of sp³-hybridized carbons (Fsp3) is 0.294. The predicted octanol–water partition coefficient (Wildman–Crippen LogP) is 9.32. The van der Waals surface area contributed by atoms with E-state index in [0.717, 1.165) is 24.3 Å². The van der Waals surface area contributed by atoms with Crippen molar-refractivity contribution in [2.24, 2.45) is 0 Å². The number of thioether (sulfide) groups is 4. The molecule has 0 aliphatic carbocycles. The van der Waals surface area contributed by atoms with Crippen molar-refractivity contribution in [3.05, 3.63) is 131 Å². The van der Waals surface area contributed by atoms with E-state index >= 15 is 0 Å². The van der Waals surface area contributed by atoms with Crippen molar-refractivity contribution < 1.29 is 23.9 Å². The zero-order chi connectivity index (χ0) is 28.0. The maximum atomic E-state index is 5.45. The third kappa shape index (κ3) is 7.48. The topological polar surface area (TPSA) is 18.5 Å². The summed E-state index contributed by atoms with van der Waals surface area (Å²) in [5.74, 6) is 1.84. The maximum absolute atomic E-state index is 5.45. The van der Waals surface area contributed by atoms with Gasteiger partial charge in [0.15, 0.2) is 0 Å². The molecule has 6 rings (SSSR count). The molecular formula is C34H34NiO2S4. The van der Waals surface area contributed by atoms with Crippen LogP contribution in [-0.2, 0) is 27.3 Å². The molecule has 7 heteroatoms. The Morgan fingerprint density at radius 2 is 0.902 bits per heavy atom. The first kappa shape index (κ1) is 29.4. The fourth-order valence-corrected chi connectivity index (χ4v) is 16.9. The van der Waals surface area contributed by atoms with Gasteiger partial charge >= 0.3 is 269 Å². The summed E-state index contributed by atoms with van der Waals surface area (Å²) in [5.41, 5.74) is 5.65. The van der Waals surface area contributed by atoms with Crippen LogP contribution in [0.3, 0.4) is 0 Å². The molecule has 2 saturated heterocycles. The summed E-state index contributed by atoms with van der Waals surface area (Å²) in [7, 11) is 3.48. The first-order chi connectivity index (χ1) is 20.2. The molecule has 2 nitrogen and oxygen atoms in total.